The summed E-state index contributed by atoms with van der Waals surface area (Å²) in [4.78, 5) is 12.2. The highest BCUT2D eigenvalue weighted by atomic mass is 16.6. The number of anilines is 1. The van der Waals surface area contributed by atoms with Crippen LogP contribution in [0.1, 0.15) is 37.7 Å². The number of amides is 1. The van der Waals surface area contributed by atoms with Gasteiger partial charge in [0.05, 0.1) is 6.61 Å². The van der Waals surface area contributed by atoms with Crippen molar-refractivity contribution in [1.29, 1.82) is 0 Å². The maximum Gasteiger partial charge on any atom is 0.411 e. The second kappa shape index (κ2) is 5.58. The molecule has 1 amide bonds. The maximum absolute atomic E-state index is 12.2. The van der Waals surface area contributed by atoms with E-state index in [4.69, 9.17) is 9.84 Å². The number of hydrogen-bond donors (Lipinski definition) is 2. The molecule has 0 heterocycles. The van der Waals surface area contributed by atoms with Crippen molar-refractivity contribution < 1.29 is 14.6 Å². The molecule has 0 aromatic heterocycles. The fourth-order valence-corrected chi connectivity index (χ4v) is 5.03. The Balaban J connectivity index is 1.37. The fraction of sp³-hybridized carbons (Fsp3) is 0.611. The fourth-order valence-electron chi connectivity index (χ4n) is 5.03. The van der Waals surface area contributed by atoms with E-state index in [2.05, 4.69) is 5.32 Å². The first kappa shape index (κ1) is 14.1. The van der Waals surface area contributed by atoms with Crippen molar-refractivity contribution in [3.63, 3.8) is 0 Å². The Morgan fingerprint density at radius 2 is 1.64 bits per heavy atom. The predicted octanol–water partition coefficient (Wildman–Crippen LogP) is 3.55. The molecule has 22 heavy (non-hydrogen) atoms. The summed E-state index contributed by atoms with van der Waals surface area (Å²) >= 11 is 0. The average Bonchev–Trinajstić information content (AvgIpc) is 2.51. The first-order chi connectivity index (χ1) is 10.7. The molecular weight excluding hydrogens is 278 g/mol. The van der Waals surface area contributed by atoms with Crippen LogP contribution in [0.5, 0.6) is 0 Å². The van der Waals surface area contributed by atoms with E-state index >= 15 is 0 Å². The van der Waals surface area contributed by atoms with Crippen molar-refractivity contribution in [1.82, 2.24) is 0 Å². The molecule has 118 valence electrons. The van der Waals surface area contributed by atoms with Crippen LogP contribution in [0.15, 0.2) is 24.3 Å². The third kappa shape index (κ3) is 2.60. The third-order valence-corrected chi connectivity index (χ3v) is 5.77. The van der Waals surface area contributed by atoms with Crippen molar-refractivity contribution in [2.24, 2.45) is 23.7 Å². The van der Waals surface area contributed by atoms with Crippen molar-refractivity contribution in [3.8, 4) is 0 Å². The normalized spacial score (nSPS) is 35.4. The molecule has 4 aliphatic carbocycles. The molecule has 1 aromatic carbocycles. The predicted molar refractivity (Wildman–Crippen MR) is 83.3 cm³/mol. The highest BCUT2D eigenvalue weighted by molar-refractivity contribution is 5.84. The number of rotatable bonds is 3. The summed E-state index contributed by atoms with van der Waals surface area (Å²) in [5, 5.41) is 11.8. The van der Waals surface area contributed by atoms with E-state index in [-0.39, 0.29) is 18.8 Å². The lowest BCUT2D eigenvalue weighted by Crippen LogP contribution is -2.50. The first-order valence-corrected chi connectivity index (χ1v) is 8.38. The van der Waals surface area contributed by atoms with E-state index in [0.717, 1.165) is 17.4 Å². The van der Waals surface area contributed by atoms with Gasteiger partial charge in [0.1, 0.15) is 6.10 Å². The van der Waals surface area contributed by atoms with Gasteiger partial charge >= 0.3 is 6.09 Å². The molecule has 4 heteroatoms. The summed E-state index contributed by atoms with van der Waals surface area (Å²) < 4.78 is 5.79. The van der Waals surface area contributed by atoms with E-state index < -0.39 is 0 Å². The van der Waals surface area contributed by atoms with Crippen LogP contribution in [0.4, 0.5) is 10.5 Å². The van der Waals surface area contributed by atoms with Crippen LogP contribution in [0, 0.1) is 23.7 Å². The summed E-state index contributed by atoms with van der Waals surface area (Å²) in [5.74, 6) is 2.94. The Bertz CT molecular complexity index is 526. The van der Waals surface area contributed by atoms with E-state index in [0.29, 0.717) is 17.5 Å². The minimum absolute atomic E-state index is 0.0124. The van der Waals surface area contributed by atoms with Crippen LogP contribution < -0.4 is 5.32 Å². The molecule has 2 N–H and O–H groups in total. The van der Waals surface area contributed by atoms with Crippen LogP contribution in [0.2, 0.25) is 0 Å². The van der Waals surface area contributed by atoms with Crippen LogP contribution in [0.3, 0.4) is 0 Å². The summed E-state index contributed by atoms with van der Waals surface area (Å²) in [5.41, 5.74) is 1.55. The molecule has 0 radical (unpaired) electrons. The van der Waals surface area contributed by atoms with Crippen molar-refractivity contribution in [3.05, 3.63) is 29.8 Å². The Morgan fingerprint density at radius 3 is 2.18 bits per heavy atom. The molecule has 4 aliphatic rings. The quantitative estimate of drug-likeness (QED) is 0.897. The molecule has 4 fully saturated rings. The number of ether oxygens (including phenoxy) is 1. The smallest absolute Gasteiger partial charge is 0.411 e. The molecule has 0 aliphatic heterocycles. The Labute approximate surface area is 130 Å². The summed E-state index contributed by atoms with van der Waals surface area (Å²) in [6.07, 6.45) is 6.17. The largest absolute Gasteiger partial charge is 0.445 e. The highest BCUT2D eigenvalue weighted by Gasteiger charge is 2.49. The van der Waals surface area contributed by atoms with Crippen molar-refractivity contribution >= 4 is 11.8 Å². The lowest BCUT2D eigenvalue weighted by atomic mass is 9.55. The Kier molecular flexibility index (Phi) is 3.57. The van der Waals surface area contributed by atoms with Gasteiger partial charge in [0.15, 0.2) is 0 Å². The molecule has 1 aromatic rings. The van der Waals surface area contributed by atoms with Crippen LogP contribution in [-0.4, -0.2) is 17.3 Å². The minimum Gasteiger partial charge on any atom is -0.445 e. The van der Waals surface area contributed by atoms with Crippen molar-refractivity contribution in [2.45, 2.75) is 44.8 Å². The number of aliphatic hydroxyl groups is 1. The van der Waals surface area contributed by atoms with Gasteiger partial charge in [-0.25, -0.2) is 4.79 Å². The zero-order valence-corrected chi connectivity index (χ0v) is 12.7. The number of carbonyl (C=O) groups is 1. The highest BCUT2D eigenvalue weighted by Crippen LogP contribution is 2.54. The van der Waals surface area contributed by atoms with Gasteiger partial charge in [-0.05, 0) is 73.5 Å². The van der Waals surface area contributed by atoms with E-state index in [1.54, 1.807) is 24.3 Å². The standard InChI is InChI=1S/C18H23NO3/c20-10-11-1-3-16(4-2-11)19-18(21)22-17-14-6-12-5-13(8-14)9-15(17)7-12/h1-4,12-15,17,20H,5-10H2,(H,19,21). The van der Waals surface area contributed by atoms with Crippen LogP contribution in [0.25, 0.3) is 0 Å². The van der Waals surface area contributed by atoms with Gasteiger partial charge in [-0.1, -0.05) is 12.1 Å². The second-order valence-corrected chi connectivity index (χ2v) is 7.28. The third-order valence-electron chi connectivity index (χ3n) is 5.77. The van der Waals surface area contributed by atoms with Gasteiger partial charge in [-0.3, -0.25) is 5.32 Å². The SMILES string of the molecule is O=C(Nc1ccc(CO)cc1)OC1C2CC3CC(C2)CC1C3. The van der Waals surface area contributed by atoms with Gasteiger partial charge in [0.2, 0.25) is 0 Å². The van der Waals surface area contributed by atoms with Gasteiger partial charge in [0, 0.05) is 5.69 Å². The molecule has 5 rings (SSSR count). The lowest BCUT2D eigenvalue weighted by molar-refractivity contribution is -0.0933. The summed E-state index contributed by atoms with van der Waals surface area (Å²) in [7, 11) is 0. The Hall–Kier alpha value is -1.55. The zero-order valence-electron chi connectivity index (χ0n) is 12.7. The van der Waals surface area contributed by atoms with Crippen molar-refractivity contribution in [2.75, 3.05) is 5.32 Å². The number of aliphatic hydroxyl groups excluding tert-OH is 1. The van der Waals surface area contributed by atoms with Gasteiger partial charge in [0.25, 0.3) is 0 Å². The van der Waals surface area contributed by atoms with Crippen LogP contribution >= 0.6 is 0 Å². The lowest BCUT2D eigenvalue weighted by Gasteiger charge is -2.53. The van der Waals surface area contributed by atoms with E-state index in [1.807, 2.05) is 0 Å². The van der Waals surface area contributed by atoms with E-state index in [9.17, 15) is 4.79 Å². The average molecular weight is 301 g/mol. The van der Waals surface area contributed by atoms with E-state index in [1.165, 1.54) is 32.1 Å². The maximum atomic E-state index is 12.2. The number of benzene rings is 1. The molecular formula is C18H23NO3. The minimum atomic E-state index is -0.339. The Morgan fingerprint density at radius 1 is 1.05 bits per heavy atom. The number of carbonyl (C=O) groups excluding carboxylic acids is 1. The molecule has 0 atom stereocenters. The molecule has 4 nitrogen and oxygen atoms in total. The molecule has 0 spiro atoms. The monoisotopic (exact) mass is 301 g/mol. The molecule has 4 saturated carbocycles. The first-order valence-electron chi connectivity index (χ1n) is 8.38. The van der Waals surface area contributed by atoms with Gasteiger partial charge < -0.3 is 9.84 Å². The van der Waals surface area contributed by atoms with Gasteiger partial charge in [-0.15, -0.1) is 0 Å². The summed E-state index contributed by atoms with van der Waals surface area (Å²) in [6.45, 7) is 0.0124. The topological polar surface area (TPSA) is 58.6 Å². The summed E-state index contributed by atoms with van der Waals surface area (Å²) in [6, 6.07) is 7.20. The number of nitrogens with one attached hydrogen (secondary N) is 1. The molecule has 4 bridgehead atoms. The van der Waals surface area contributed by atoms with Gasteiger partial charge in [-0.2, -0.15) is 0 Å². The van der Waals surface area contributed by atoms with Crippen LogP contribution in [-0.2, 0) is 11.3 Å². The number of hydrogen-bond acceptors (Lipinski definition) is 3. The molecule has 0 saturated heterocycles. The zero-order chi connectivity index (χ0) is 15.1. The molecule has 0 unspecified atom stereocenters. The second-order valence-electron chi connectivity index (χ2n) is 7.28.